The van der Waals surface area contributed by atoms with Crippen LogP contribution in [0.2, 0.25) is 0 Å². The smallest absolute Gasteiger partial charge is 0.0207 e. The first kappa shape index (κ1) is 13.1. The van der Waals surface area contributed by atoms with E-state index in [1.165, 1.54) is 36.0 Å². The highest BCUT2D eigenvalue weighted by atomic mass is 79.9. The fraction of sp³-hybridized carbons (Fsp3) is 0.571. The molecule has 0 radical (unpaired) electrons. The van der Waals surface area contributed by atoms with Gasteiger partial charge in [0.25, 0.3) is 0 Å². The molecule has 0 amide bonds. The Kier molecular flexibility index (Phi) is 5.01. The Bertz CT molecular complexity index is 348. The molecule has 1 heterocycles. The van der Waals surface area contributed by atoms with E-state index in [2.05, 4.69) is 57.5 Å². The van der Waals surface area contributed by atoms with Crippen LogP contribution in [0, 0.1) is 0 Å². The lowest BCUT2D eigenvalue weighted by molar-refractivity contribution is 0.303. The zero-order valence-electron chi connectivity index (χ0n) is 10.5. The second-order valence-corrected chi connectivity index (χ2v) is 5.75. The average Bonchev–Trinajstić information content (AvgIpc) is 2.81. The molecule has 1 aromatic rings. The number of halogens is 1. The Labute approximate surface area is 113 Å². The second kappa shape index (κ2) is 6.53. The SMILES string of the molecule is CN(CCc1ccccc1Br)CC1CCCN1. The van der Waals surface area contributed by atoms with E-state index in [1.807, 2.05) is 0 Å². The number of likely N-dealkylation sites (N-methyl/N-ethyl adjacent to an activating group) is 1. The molecule has 1 atom stereocenters. The molecule has 94 valence electrons. The zero-order valence-corrected chi connectivity index (χ0v) is 12.0. The van der Waals surface area contributed by atoms with Crippen LogP contribution in [-0.2, 0) is 6.42 Å². The number of benzene rings is 1. The average molecular weight is 297 g/mol. The number of hydrogen-bond acceptors (Lipinski definition) is 2. The van der Waals surface area contributed by atoms with Crippen LogP contribution in [0.25, 0.3) is 0 Å². The minimum absolute atomic E-state index is 0.708. The third-order valence-electron chi connectivity index (χ3n) is 3.42. The van der Waals surface area contributed by atoms with Crippen molar-refractivity contribution in [1.82, 2.24) is 10.2 Å². The van der Waals surface area contributed by atoms with Gasteiger partial charge in [0.1, 0.15) is 0 Å². The van der Waals surface area contributed by atoms with E-state index in [1.54, 1.807) is 0 Å². The Morgan fingerprint density at radius 1 is 1.41 bits per heavy atom. The largest absolute Gasteiger partial charge is 0.313 e. The van der Waals surface area contributed by atoms with Gasteiger partial charge in [0.15, 0.2) is 0 Å². The zero-order chi connectivity index (χ0) is 12.1. The molecule has 1 aromatic carbocycles. The molecule has 0 bridgehead atoms. The molecular weight excluding hydrogens is 276 g/mol. The number of nitrogens with one attached hydrogen (secondary N) is 1. The van der Waals surface area contributed by atoms with Gasteiger partial charge >= 0.3 is 0 Å². The predicted molar refractivity (Wildman–Crippen MR) is 76.4 cm³/mol. The quantitative estimate of drug-likeness (QED) is 0.899. The van der Waals surface area contributed by atoms with Crippen molar-refractivity contribution in [2.75, 3.05) is 26.7 Å². The molecule has 1 aliphatic rings. The van der Waals surface area contributed by atoms with Crippen LogP contribution < -0.4 is 5.32 Å². The van der Waals surface area contributed by atoms with Crippen molar-refractivity contribution in [3.8, 4) is 0 Å². The van der Waals surface area contributed by atoms with Crippen molar-refractivity contribution in [1.29, 1.82) is 0 Å². The van der Waals surface area contributed by atoms with Crippen molar-refractivity contribution in [2.45, 2.75) is 25.3 Å². The normalized spacial score (nSPS) is 20.1. The topological polar surface area (TPSA) is 15.3 Å². The minimum Gasteiger partial charge on any atom is -0.313 e. The summed E-state index contributed by atoms with van der Waals surface area (Å²) in [6.45, 7) is 3.49. The molecule has 0 saturated carbocycles. The van der Waals surface area contributed by atoms with Crippen molar-refractivity contribution < 1.29 is 0 Å². The molecule has 1 fully saturated rings. The van der Waals surface area contributed by atoms with Gasteiger partial charge in [-0.2, -0.15) is 0 Å². The second-order valence-electron chi connectivity index (χ2n) is 4.90. The molecule has 17 heavy (non-hydrogen) atoms. The monoisotopic (exact) mass is 296 g/mol. The fourth-order valence-corrected chi connectivity index (χ4v) is 2.88. The fourth-order valence-electron chi connectivity index (χ4n) is 2.39. The molecule has 1 aliphatic heterocycles. The molecule has 0 aliphatic carbocycles. The maximum Gasteiger partial charge on any atom is 0.0207 e. The van der Waals surface area contributed by atoms with Gasteiger partial charge in [-0.3, -0.25) is 0 Å². The third-order valence-corrected chi connectivity index (χ3v) is 4.19. The summed E-state index contributed by atoms with van der Waals surface area (Å²) >= 11 is 3.60. The van der Waals surface area contributed by atoms with Crippen molar-refractivity contribution in [3.63, 3.8) is 0 Å². The van der Waals surface area contributed by atoms with Crippen molar-refractivity contribution in [3.05, 3.63) is 34.3 Å². The number of hydrogen-bond donors (Lipinski definition) is 1. The lowest BCUT2D eigenvalue weighted by atomic mass is 10.1. The summed E-state index contributed by atoms with van der Waals surface area (Å²) in [7, 11) is 2.22. The van der Waals surface area contributed by atoms with Gasteiger partial charge in [-0.25, -0.2) is 0 Å². The van der Waals surface area contributed by atoms with Gasteiger partial charge in [0.2, 0.25) is 0 Å². The van der Waals surface area contributed by atoms with Crippen LogP contribution in [0.4, 0.5) is 0 Å². The summed E-state index contributed by atoms with van der Waals surface area (Å²) in [5.74, 6) is 0. The summed E-state index contributed by atoms with van der Waals surface area (Å²) in [4.78, 5) is 2.43. The minimum atomic E-state index is 0.708. The Balaban J connectivity index is 1.75. The van der Waals surface area contributed by atoms with Gasteiger partial charge in [-0.15, -0.1) is 0 Å². The van der Waals surface area contributed by atoms with E-state index in [0.29, 0.717) is 6.04 Å². The van der Waals surface area contributed by atoms with Crippen LogP contribution in [0.5, 0.6) is 0 Å². The maximum atomic E-state index is 3.60. The van der Waals surface area contributed by atoms with E-state index in [0.717, 1.165) is 13.0 Å². The first-order valence-corrected chi connectivity index (χ1v) is 7.20. The molecule has 1 N–H and O–H groups in total. The van der Waals surface area contributed by atoms with Crippen molar-refractivity contribution >= 4 is 15.9 Å². The molecular formula is C14H21BrN2. The van der Waals surface area contributed by atoms with Crippen molar-refractivity contribution in [2.24, 2.45) is 0 Å². The molecule has 2 rings (SSSR count). The van der Waals surface area contributed by atoms with Crippen LogP contribution in [0.15, 0.2) is 28.7 Å². The number of nitrogens with zero attached hydrogens (tertiary/aromatic N) is 1. The lowest BCUT2D eigenvalue weighted by Gasteiger charge is -2.21. The standard InChI is InChI=1S/C14H21BrN2/c1-17(11-13-6-4-9-16-13)10-8-12-5-2-3-7-14(12)15/h2-3,5,7,13,16H,4,6,8-11H2,1H3. The summed E-state index contributed by atoms with van der Waals surface area (Å²) in [5, 5.41) is 3.55. The highest BCUT2D eigenvalue weighted by Crippen LogP contribution is 2.16. The van der Waals surface area contributed by atoms with Crippen LogP contribution in [-0.4, -0.2) is 37.6 Å². The van der Waals surface area contributed by atoms with Gasteiger partial charge in [0.05, 0.1) is 0 Å². The maximum absolute atomic E-state index is 3.60. The summed E-state index contributed by atoms with van der Waals surface area (Å²) in [5.41, 5.74) is 1.40. The molecule has 0 spiro atoms. The van der Waals surface area contributed by atoms with E-state index >= 15 is 0 Å². The van der Waals surface area contributed by atoms with E-state index in [9.17, 15) is 0 Å². The summed E-state index contributed by atoms with van der Waals surface area (Å²) in [6, 6.07) is 9.21. The van der Waals surface area contributed by atoms with E-state index in [-0.39, 0.29) is 0 Å². The number of rotatable bonds is 5. The predicted octanol–water partition coefficient (Wildman–Crippen LogP) is 2.68. The highest BCUT2D eigenvalue weighted by molar-refractivity contribution is 9.10. The summed E-state index contributed by atoms with van der Waals surface area (Å²) < 4.78 is 1.23. The highest BCUT2D eigenvalue weighted by Gasteiger charge is 2.15. The lowest BCUT2D eigenvalue weighted by Crippen LogP contribution is -2.36. The van der Waals surface area contributed by atoms with Crippen LogP contribution >= 0.6 is 15.9 Å². The molecule has 2 nitrogen and oxygen atoms in total. The first-order valence-electron chi connectivity index (χ1n) is 6.41. The third kappa shape index (κ3) is 4.09. The van der Waals surface area contributed by atoms with Gasteiger partial charge < -0.3 is 10.2 Å². The van der Waals surface area contributed by atoms with Crippen LogP contribution in [0.1, 0.15) is 18.4 Å². The summed E-state index contributed by atoms with van der Waals surface area (Å²) in [6.07, 6.45) is 3.78. The molecule has 1 saturated heterocycles. The molecule has 3 heteroatoms. The van der Waals surface area contributed by atoms with E-state index < -0.39 is 0 Å². The molecule has 0 aromatic heterocycles. The van der Waals surface area contributed by atoms with Crippen LogP contribution in [0.3, 0.4) is 0 Å². The Morgan fingerprint density at radius 3 is 2.94 bits per heavy atom. The Morgan fingerprint density at radius 2 is 2.24 bits per heavy atom. The molecule has 1 unspecified atom stereocenters. The van der Waals surface area contributed by atoms with Gasteiger partial charge in [0, 0.05) is 23.6 Å². The Hall–Kier alpha value is -0.380. The van der Waals surface area contributed by atoms with Gasteiger partial charge in [-0.05, 0) is 44.5 Å². The van der Waals surface area contributed by atoms with E-state index in [4.69, 9.17) is 0 Å². The first-order chi connectivity index (χ1) is 8.25. The van der Waals surface area contributed by atoms with Gasteiger partial charge in [-0.1, -0.05) is 34.1 Å².